The molecule has 0 saturated carbocycles. The van der Waals surface area contributed by atoms with Gasteiger partial charge in [-0.2, -0.15) is 0 Å². The van der Waals surface area contributed by atoms with Crippen molar-refractivity contribution in [2.75, 3.05) is 0 Å². The van der Waals surface area contributed by atoms with Gasteiger partial charge in [-0.15, -0.1) is 11.3 Å². The standard InChI is InChI=1S/C17H16BrN3O2S/c18-11-8-12(24-10-11)9-19-16(22)7-3-6-15-20-14-5-2-1-4-13(14)17(23)21-15/h1-2,4-5,8,10H,3,6-7,9H2,(H,19,22)(H,20,21,23). The van der Waals surface area contributed by atoms with Crippen LogP contribution in [0, 0.1) is 0 Å². The molecule has 0 radical (unpaired) electrons. The third kappa shape index (κ3) is 4.30. The van der Waals surface area contributed by atoms with Gasteiger partial charge in [0.15, 0.2) is 0 Å². The van der Waals surface area contributed by atoms with Crippen LogP contribution in [0.15, 0.2) is 45.0 Å². The highest BCUT2D eigenvalue weighted by Gasteiger charge is 2.06. The molecule has 0 aliphatic rings. The molecule has 0 bridgehead atoms. The maximum absolute atomic E-state index is 12.0. The van der Waals surface area contributed by atoms with E-state index in [1.807, 2.05) is 29.6 Å². The monoisotopic (exact) mass is 405 g/mol. The number of halogens is 1. The average Bonchev–Trinajstić information content (AvgIpc) is 2.98. The number of amides is 1. The Morgan fingerprint density at radius 2 is 2.17 bits per heavy atom. The average molecular weight is 406 g/mol. The van der Waals surface area contributed by atoms with Crippen LogP contribution >= 0.6 is 27.3 Å². The first-order valence-electron chi connectivity index (χ1n) is 7.59. The molecular formula is C17H16BrN3O2S. The molecule has 124 valence electrons. The first-order chi connectivity index (χ1) is 11.6. The summed E-state index contributed by atoms with van der Waals surface area (Å²) in [6.45, 7) is 0.542. The van der Waals surface area contributed by atoms with Crippen LogP contribution in [0.1, 0.15) is 23.5 Å². The van der Waals surface area contributed by atoms with Crippen molar-refractivity contribution in [2.24, 2.45) is 0 Å². The van der Waals surface area contributed by atoms with Crippen LogP contribution in [-0.4, -0.2) is 15.9 Å². The van der Waals surface area contributed by atoms with Gasteiger partial charge in [-0.05, 0) is 40.5 Å². The number of nitrogens with one attached hydrogen (secondary N) is 2. The van der Waals surface area contributed by atoms with Gasteiger partial charge in [-0.3, -0.25) is 9.59 Å². The summed E-state index contributed by atoms with van der Waals surface area (Å²) in [4.78, 5) is 32.2. The topological polar surface area (TPSA) is 74.8 Å². The number of thiophene rings is 1. The van der Waals surface area contributed by atoms with Crippen molar-refractivity contribution >= 4 is 44.1 Å². The lowest BCUT2D eigenvalue weighted by Crippen LogP contribution is -2.22. The number of nitrogens with zero attached hydrogens (tertiary/aromatic N) is 1. The van der Waals surface area contributed by atoms with E-state index in [-0.39, 0.29) is 11.5 Å². The van der Waals surface area contributed by atoms with Crippen molar-refractivity contribution < 1.29 is 4.79 Å². The number of H-pyrrole nitrogens is 1. The van der Waals surface area contributed by atoms with E-state index in [0.29, 0.717) is 42.5 Å². The number of rotatable bonds is 6. The minimum atomic E-state index is -0.136. The lowest BCUT2D eigenvalue weighted by Gasteiger charge is -2.04. The number of fused-ring (bicyclic) bond motifs is 1. The fourth-order valence-electron chi connectivity index (χ4n) is 2.39. The van der Waals surface area contributed by atoms with E-state index in [4.69, 9.17) is 0 Å². The van der Waals surface area contributed by atoms with E-state index in [1.165, 1.54) is 0 Å². The molecule has 0 spiro atoms. The summed E-state index contributed by atoms with van der Waals surface area (Å²) in [6, 6.07) is 9.24. The van der Waals surface area contributed by atoms with Gasteiger partial charge in [0.25, 0.3) is 5.56 Å². The van der Waals surface area contributed by atoms with E-state index in [2.05, 4.69) is 31.2 Å². The number of hydrogen-bond acceptors (Lipinski definition) is 4. The van der Waals surface area contributed by atoms with Gasteiger partial charge in [-0.25, -0.2) is 4.98 Å². The molecule has 7 heteroatoms. The summed E-state index contributed by atoms with van der Waals surface area (Å²) in [6.07, 6.45) is 1.61. The zero-order chi connectivity index (χ0) is 16.9. The Kier molecular flexibility index (Phi) is 5.42. The molecule has 0 aliphatic carbocycles. The molecule has 5 nitrogen and oxygen atoms in total. The lowest BCUT2D eigenvalue weighted by molar-refractivity contribution is -0.121. The summed E-state index contributed by atoms with van der Waals surface area (Å²) in [5, 5.41) is 5.47. The molecule has 1 amide bonds. The van der Waals surface area contributed by atoms with Crippen LogP contribution in [-0.2, 0) is 17.8 Å². The summed E-state index contributed by atoms with van der Waals surface area (Å²) < 4.78 is 1.03. The molecule has 0 fully saturated rings. The van der Waals surface area contributed by atoms with Crippen LogP contribution in [0.25, 0.3) is 10.9 Å². The largest absolute Gasteiger partial charge is 0.351 e. The predicted octanol–water partition coefficient (Wildman–Crippen LogP) is 3.39. The molecule has 1 aromatic carbocycles. The highest BCUT2D eigenvalue weighted by molar-refractivity contribution is 9.10. The number of aromatic nitrogens is 2. The Labute approximate surface area is 151 Å². The second-order valence-corrected chi connectivity index (χ2v) is 7.30. The van der Waals surface area contributed by atoms with Crippen LogP contribution in [0.4, 0.5) is 0 Å². The number of para-hydroxylation sites is 1. The maximum atomic E-state index is 12.0. The highest BCUT2D eigenvalue weighted by atomic mass is 79.9. The number of benzene rings is 1. The summed E-state index contributed by atoms with van der Waals surface area (Å²) >= 11 is 5.00. The van der Waals surface area contributed by atoms with Crippen molar-refractivity contribution in [3.05, 3.63) is 61.2 Å². The molecule has 0 saturated heterocycles. The molecular weight excluding hydrogens is 390 g/mol. The second kappa shape index (κ2) is 7.72. The predicted molar refractivity (Wildman–Crippen MR) is 99.2 cm³/mol. The first-order valence-corrected chi connectivity index (χ1v) is 9.26. The Bertz CT molecular complexity index is 919. The molecule has 2 N–H and O–H groups in total. The molecule has 3 rings (SSSR count). The summed E-state index contributed by atoms with van der Waals surface area (Å²) in [5.74, 6) is 0.622. The first kappa shape index (κ1) is 16.9. The van der Waals surface area contributed by atoms with Crippen molar-refractivity contribution in [1.29, 1.82) is 0 Å². The quantitative estimate of drug-likeness (QED) is 0.659. The molecule has 0 aliphatic heterocycles. The highest BCUT2D eigenvalue weighted by Crippen LogP contribution is 2.19. The normalized spacial score (nSPS) is 10.9. The molecule has 24 heavy (non-hydrogen) atoms. The third-order valence-corrected chi connectivity index (χ3v) is 5.26. The van der Waals surface area contributed by atoms with Crippen molar-refractivity contribution in [3.63, 3.8) is 0 Å². The van der Waals surface area contributed by atoms with E-state index in [1.54, 1.807) is 17.4 Å². The Hall–Kier alpha value is -1.99. The van der Waals surface area contributed by atoms with Crippen LogP contribution in [0.3, 0.4) is 0 Å². The smallest absolute Gasteiger partial charge is 0.258 e. The van der Waals surface area contributed by atoms with E-state index < -0.39 is 0 Å². The SMILES string of the molecule is O=C(CCCc1nc2ccccc2c(=O)[nH]1)NCc1cc(Br)cs1. The Morgan fingerprint density at radius 3 is 2.96 bits per heavy atom. The zero-order valence-electron chi connectivity index (χ0n) is 12.8. The van der Waals surface area contributed by atoms with Gasteiger partial charge in [0.2, 0.25) is 5.91 Å². The van der Waals surface area contributed by atoms with Crippen LogP contribution < -0.4 is 10.9 Å². The molecule has 3 aromatic rings. The maximum Gasteiger partial charge on any atom is 0.258 e. The summed E-state index contributed by atoms with van der Waals surface area (Å²) in [7, 11) is 0. The van der Waals surface area contributed by atoms with E-state index in [0.717, 1.165) is 9.35 Å². The molecule has 2 heterocycles. The van der Waals surface area contributed by atoms with E-state index >= 15 is 0 Å². The van der Waals surface area contributed by atoms with Crippen molar-refractivity contribution in [1.82, 2.24) is 15.3 Å². The van der Waals surface area contributed by atoms with Gasteiger partial charge in [0.1, 0.15) is 5.82 Å². The molecule has 0 atom stereocenters. The zero-order valence-corrected chi connectivity index (χ0v) is 15.2. The third-order valence-electron chi connectivity index (χ3n) is 3.56. The number of aromatic amines is 1. The Balaban J connectivity index is 1.51. The number of hydrogen-bond donors (Lipinski definition) is 2. The van der Waals surface area contributed by atoms with Crippen molar-refractivity contribution in [2.45, 2.75) is 25.8 Å². The van der Waals surface area contributed by atoms with Gasteiger partial charge < -0.3 is 10.3 Å². The van der Waals surface area contributed by atoms with Crippen LogP contribution in [0.5, 0.6) is 0 Å². The number of carbonyl (C=O) groups excluding carboxylic acids is 1. The lowest BCUT2D eigenvalue weighted by atomic mass is 10.2. The van der Waals surface area contributed by atoms with Gasteiger partial charge >= 0.3 is 0 Å². The number of aryl methyl sites for hydroxylation is 1. The van der Waals surface area contributed by atoms with Gasteiger partial charge in [0.05, 0.1) is 17.4 Å². The minimum Gasteiger partial charge on any atom is -0.351 e. The molecule has 2 aromatic heterocycles. The van der Waals surface area contributed by atoms with Gasteiger partial charge in [-0.1, -0.05) is 12.1 Å². The van der Waals surface area contributed by atoms with Gasteiger partial charge in [0, 0.05) is 27.6 Å². The summed E-state index contributed by atoms with van der Waals surface area (Å²) in [5.41, 5.74) is 0.548. The minimum absolute atomic E-state index is 0.00246. The van der Waals surface area contributed by atoms with Crippen molar-refractivity contribution in [3.8, 4) is 0 Å². The number of carbonyl (C=O) groups is 1. The fourth-order valence-corrected chi connectivity index (χ4v) is 3.78. The second-order valence-electron chi connectivity index (χ2n) is 5.39. The fraction of sp³-hybridized carbons (Fsp3) is 0.235. The van der Waals surface area contributed by atoms with Crippen LogP contribution in [0.2, 0.25) is 0 Å². The molecule has 0 unspecified atom stereocenters. The van der Waals surface area contributed by atoms with E-state index in [9.17, 15) is 9.59 Å². The Morgan fingerprint density at radius 1 is 1.33 bits per heavy atom.